The average Bonchev–Trinajstić information content (AvgIpc) is 2.33. The normalized spacial score (nSPS) is 11.2. The smallest absolute Gasteiger partial charge is 0.337 e. The van der Waals surface area contributed by atoms with Gasteiger partial charge in [-0.05, 0) is 51.9 Å². The highest BCUT2D eigenvalue weighted by molar-refractivity contribution is 5.97. The molecule has 5 heteroatoms. The van der Waals surface area contributed by atoms with Gasteiger partial charge in [0.1, 0.15) is 0 Å². The van der Waals surface area contributed by atoms with Crippen molar-refractivity contribution in [2.45, 2.75) is 32.7 Å². The van der Waals surface area contributed by atoms with E-state index in [4.69, 9.17) is 16.6 Å². The van der Waals surface area contributed by atoms with Crippen LogP contribution in [0.2, 0.25) is 0 Å². The minimum absolute atomic E-state index is 0.0700. The maximum atomic E-state index is 10.9. The Morgan fingerprint density at radius 1 is 1.32 bits per heavy atom. The minimum Gasteiger partial charge on any atom is -0.478 e. The van der Waals surface area contributed by atoms with E-state index in [1.165, 1.54) is 6.07 Å². The Balaban J connectivity index is 2.70. The summed E-state index contributed by atoms with van der Waals surface area (Å²) in [6.45, 7) is 5.26. The number of anilines is 2. The molecule has 1 aromatic rings. The zero-order chi connectivity index (χ0) is 14.6. The summed E-state index contributed by atoms with van der Waals surface area (Å²) in [5, 5.41) is 8.95. The molecule has 0 unspecified atom stereocenters. The van der Waals surface area contributed by atoms with Crippen molar-refractivity contribution in [1.82, 2.24) is 4.90 Å². The Kier molecular flexibility index (Phi) is 5.18. The molecule has 5 nitrogen and oxygen atoms in total. The van der Waals surface area contributed by atoms with Crippen LogP contribution in [0.25, 0.3) is 0 Å². The molecule has 0 aliphatic carbocycles. The van der Waals surface area contributed by atoms with Crippen molar-refractivity contribution < 1.29 is 9.90 Å². The van der Waals surface area contributed by atoms with Gasteiger partial charge in [0.2, 0.25) is 0 Å². The molecule has 19 heavy (non-hydrogen) atoms. The summed E-state index contributed by atoms with van der Waals surface area (Å²) >= 11 is 0. The van der Waals surface area contributed by atoms with E-state index < -0.39 is 5.97 Å². The van der Waals surface area contributed by atoms with E-state index in [0.717, 1.165) is 24.9 Å². The first kappa shape index (κ1) is 15.3. The molecule has 0 aliphatic rings. The molecule has 0 spiro atoms. The second-order valence-electron chi connectivity index (χ2n) is 5.08. The number of carboxylic acids is 1. The Labute approximate surface area is 114 Å². The second kappa shape index (κ2) is 6.43. The first-order chi connectivity index (χ1) is 8.84. The molecule has 1 aromatic carbocycles. The number of benzene rings is 1. The van der Waals surface area contributed by atoms with Gasteiger partial charge >= 0.3 is 5.97 Å². The third-order valence-corrected chi connectivity index (χ3v) is 3.45. The monoisotopic (exact) mass is 265 g/mol. The van der Waals surface area contributed by atoms with Crippen LogP contribution in [0, 0.1) is 0 Å². The molecule has 0 amide bonds. The van der Waals surface area contributed by atoms with Crippen LogP contribution in [0.15, 0.2) is 12.1 Å². The van der Waals surface area contributed by atoms with Crippen molar-refractivity contribution in [2.75, 3.05) is 25.1 Å². The fourth-order valence-corrected chi connectivity index (χ4v) is 1.86. The SMILES string of the molecule is CC(C)N(C)CCCc1ccc(C(=O)O)c(N)c1N. The highest BCUT2D eigenvalue weighted by Crippen LogP contribution is 2.25. The molecule has 106 valence electrons. The summed E-state index contributed by atoms with van der Waals surface area (Å²) < 4.78 is 0. The van der Waals surface area contributed by atoms with Gasteiger partial charge in [0.25, 0.3) is 0 Å². The highest BCUT2D eigenvalue weighted by Gasteiger charge is 2.13. The lowest BCUT2D eigenvalue weighted by molar-refractivity contribution is 0.0698. The number of nitrogens with two attached hydrogens (primary N) is 2. The molecule has 0 radical (unpaired) electrons. The van der Waals surface area contributed by atoms with Gasteiger partial charge in [-0.3, -0.25) is 0 Å². The van der Waals surface area contributed by atoms with Gasteiger partial charge in [-0.1, -0.05) is 6.07 Å². The van der Waals surface area contributed by atoms with Crippen molar-refractivity contribution >= 4 is 17.3 Å². The van der Waals surface area contributed by atoms with Gasteiger partial charge < -0.3 is 21.5 Å². The second-order valence-corrected chi connectivity index (χ2v) is 5.08. The molecular weight excluding hydrogens is 242 g/mol. The zero-order valence-corrected chi connectivity index (χ0v) is 11.8. The largest absolute Gasteiger partial charge is 0.478 e. The van der Waals surface area contributed by atoms with Crippen LogP contribution >= 0.6 is 0 Å². The van der Waals surface area contributed by atoms with Crippen molar-refractivity contribution in [3.05, 3.63) is 23.3 Å². The van der Waals surface area contributed by atoms with Crippen molar-refractivity contribution in [3.63, 3.8) is 0 Å². The summed E-state index contributed by atoms with van der Waals surface area (Å²) in [4.78, 5) is 13.2. The molecule has 0 fully saturated rings. The van der Waals surface area contributed by atoms with Gasteiger partial charge in [0.05, 0.1) is 16.9 Å². The summed E-state index contributed by atoms with van der Waals surface area (Å²) in [5.41, 5.74) is 13.2. The maximum absolute atomic E-state index is 10.9. The van der Waals surface area contributed by atoms with Crippen LogP contribution in [-0.4, -0.2) is 35.6 Å². The summed E-state index contributed by atoms with van der Waals surface area (Å²) in [7, 11) is 2.08. The lowest BCUT2D eigenvalue weighted by Gasteiger charge is -2.21. The van der Waals surface area contributed by atoms with Crippen molar-refractivity contribution in [1.29, 1.82) is 0 Å². The minimum atomic E-state index is -1.05. The summed E-state index contributed by atoms with van der Waals surface area (Å²) in [6, 6.07) is 3.79. The van der Waals surface area contributed by atoms with E-state index in [1.807, 2.05) is 0 Å². The van der Waals surface area contributed by atoms with Crippen LogP contribution in [0.5, 0.6) is 0 Å². The van der Waals surface area contributed by atoms with Gasteiger partial charge in [0, 0.05) is 6.04 Å². The lowest BCUT2D eigenvalue weighted by Crippen LogP contribution is -2.27. The quantitative estimate of drug-likeness (QED) is 0.682. The Morgan fingerprint density at radius 2 is 1.95 bits per heavy atom. The third-order valence-electron chi connectivity index (χ3n) is 3.45. The molecule has 0 heterocycles. The number of hydrogen-bond donors (Lipinski definition) is 3. The van der Waals surface area contributed by atoms with E-state index >= 15 is 0 Å². The highest BCUT2D eigenvalue weighted by atomic mass is 16.4. The van der Waals surface area contributed by atoms with Crippen LogP contribution in [0.3, 0.4) is 0 Å². The van der Waals surface area contributed by atoms with E-state index in [9.17, 15) is 4.79 Å². The molecule has 0 saturated heterocycles. The van der Waals surface area contributed by atoms with Gasteiger partial charge in [-0.2, -0.15) is 0 Å². The number of carbonyl (C=O) groups is 1. The van der Waals surface area contributed by atoms with Crippen LogP contribution < -0.4 is 11.5 Å². The van der Waals surface area contributed by atoms with Crippen LogP contribution in [-0.2, 0) is 6.42 Å². The standard InChI is InChI=1S/C14H23N3O2/c1-9(2)17(3)8-4-5-10-6-7-11(14(18)19)13(16)12(10)15/h6-7,9H,4-5,8,15-16H2,1-3H3,(H,18,19). The number of carboxylic acid groups (broad SMARTS) is 1. The predicted octanol–water partition coefficient (Wildman–Crippen LogP) is 1.82. The number of aryl methyl sites for hydroxylation is 1. The summed E-state index contributed by atoms with van der Waals surface area (Å²) in [5.74, 6) is -1.05. The van der Waals surface area contributed by atoms with Gasteiger partial charge in [-0.25, -0.2) is 4.79 Å². The molecule has 0 saturated carbocycles. The van der Waals surface area contributed by atoms with Crippen LogP contribution in [0.4, 0.5) is 11.4 Å². The van der Waals surface area contributed by atoms with E-state index in [2.05, 4.69) is 25.8 Å². The fraction of sp³-hybridized carbons (Fsp3) is 0.500. The molecule has 0 aromatic heterocycles. The Hall–Kier alpha value is -1.75. The summed E-state index contributed by atoms with van der Waals surface area (Å²) in [6.07, 6.45) is 1.76. The zero-order valence-electron chi connectivity index (χ0n) is 11.8. The molecule has 0 aliphatic heterocycles. The van der Waals surface area contributed by atoms with Gasteiger partial charge in [0.15, 0.2) is 0 Å². The van der Waals surface area contributed by atoms with Crippen LogP contribution in [0.1, 0.15) is 36.2 Å². The van der Waals surface area contributed by atoms with E-state index in [-0.39, 0.29) is 11.3 Å². The van der Waals surface area contributed by atoms with E-state index in [1.54, 1.807) is 6.07 Å². The Morgan fingerprint density at radius 3 is 2.47 bits per heavy atom. The lowest BCUT2D eigenvalue weighted by atomic mass is 10.0. The number of rotatable bonds is 6. The number of aromatic carboxylic acids is 1. The van der Waals surface area contributed by atoms with Gasteiger partial charge in [-0.15, -0.1) is 0 Å². The third kappa shape index (κ3) is 3.86. The first-order valence-electron chi connectivity index (χ1n) is 6.45. The molecule has 1 rings (SSSR count). The Bertz CT molecular complexity index is 458. The molecular formula is C14H23N3O2. The molecule has 0 atom stereocenters. The van der Waals surface area contributed by atoms with E-state index in [0.29, 0.717) is 11.7 Å². The first-order valence-corrected chi connectivity index (χ1v) is 6.45. The fourth-order valence-electron chi connectivity index (χ4n) is 1.86. The number of nitrogens with zero attached hydrogens (tertiary/aromatic N) is 1. The number of hydrogen-bond acceptors (Lipinski definition) is 4. The average molecular weight is 265 g/mol. The molecule has 0 bridgehead atoms. The molecule has 5 N–H and O–H groups in total. The van der Waals surface area contributed by atoms with Crippen molar-refractivity contribution in [2.24, 2.45) is 0 Å². The topological polar surface area (TPSA) is 92.6 Å². The maximum Gasteiger partial charge on any atom is 0.337 e. The number of nitrogen functional groups attached to an aromatic ring is 2. The van der Waals surface area contributed by atoms with Crippen molar-refractivity contribution in [3.8, 4) is 0 Å². The predicted molar refractivity (Wildman–Crippen MR) is 78.3 cm³/mol.